The summed E-state index contributed by atoms with van der Waals surface area (Å²) in [5.74, 6) is 1.77. The zero-order chi connectivity index (χ0) is 13.8. The number of aryl methyl sites for hydroxylation is 1. The van der Waals surface area contributed by atoms with E-state index in [4.69, 9.17) is 10.5 Å². The van der Waals surface area contributed by atoms with Gasteiger partial charge in [-0.3, -0.25) is 0 Å². The molecule has 0 spiro atoms. The molecule has 0 atom stereocenters. The molecule has 0 amide bonds. The first-order chi connectivity index (χ1) is 9.10. The summed E-state index contributed by atoms with van der Waals surface area (Å²) in [4.78, 5) is 1.25. The molecule has 0 saturated carbocycles. The van der Waals surface area contributed by atoms with Gasteiger partial charge in [-0.05, 0) is 54.4 Å². The molecule has 2 aromatic rings. The Hall–Kier alpha value is -1.13. The number of ether oxygens (including phenoxy) is 1. The fourth-order valence-corrected chi connectivity index (χ4v) is 3.35. The van der Waals surface area contributed by atoms with E-state index >= 15 is 0 Å². The van der Waals surface area contributed by atoms with Crippen LogP contribution in [0.25, 0.3) is 0 Å². The van der Waals surface area contributed by atoms with Crippen LogP contribution in [0.3, 0.4) is 0 Å². The number of benzene rings is 2. The van der Waals surface area contributed by atoms with E-state index in [2.05, 4.69) is 35.0 Å². The summed E-state index contributed by atoms with van der Waals surface area (Å²) < 4.78 is 6.36. The van der Waals surface area contributed by atoms with Crippen LogP contribution < -0.4 is 10.5 Å². The number of rotatable bonds is 4. The lowest BCUT2D eigenvalue weighted by Crippen LogP contribution is -1.90. The van der Waals surface area contributed by atoms with Gasteiger partial charge >= 0.3 is 0 Å². The Kier molecular flexibility index (Phi) is 4.77. The third-order valence-electron chi connectivity index (χ3n) is 2.84. The predicted octanol–water partition coefficient (Wildman–Crippen LogP) is 4.64. The number of thioether (sulfide) groups is 1. The number of methoxy groups -OCH3 is 1. The van der Waals surface area contributed by atoms with Crippen LogP contribution in [-0.2, 0) is 5.75 Å². The first-order valence-electron chi connectivity index (χ1n) is 5.91. The highest BCUT2D eigenvalue weighted by Crippen LogP contribution is 2.31. The van der Waals surface area contributed by atoms with Crippen LogP contribution in [0, 0.1) is 6.92 Å². The van der Waals surface area contributed by atoms with Crippen molar-refractivity contribution in [3.63, 3.8) is 0 Å². The fraction of sp³-hybridized carbons (Fsp3) is 0.200. The van der Waals surface area contributed by atoms with Crippen molar-refractivity contribution in [3.8, 4) is 5.75 Å². The van der Waals surface area contributed by atoms with Gasteiger partial charge in [0.1, 0.15) is 5.75 Å². The maximum atomic E-state index is 5.76. The van der Waals surface area contributed by atoms with Crippen molar-refractivity contribution in [2.45, 2.75) is 17.6 Å². The summed E-state index contributed by atoms with van der Waals surface area (Å²) >= 11 is 5.38. The van der Waals surface area contributed by atoms with Gasteiger partial charge in [0.15, 0.2) is 0 Å². The topological polar surface area (TPSA) is 35.2 Å². The summed E-state index contributed by atoms with van der Waals surface area (Å²) in [6.07, 6.45) is 0. The Morgan fingerprint density at radius 3 is 2.68 bits per heavy atom. The summed E-state index contributed by atoms with van der Waals surface area (Å²) in [6.45, 7) is 2.08. The van der Waals surface area contributed by atoms with Crippen LogP contribution in [0.15, 0.2) is 45.8 Å². The highest BCUT2D eigenvalue weighted by molar-refractivity contribution is 9.10. The molecule has 0 unspecified atom stereocenters. The van der Waals surface area contributed by atoms with Gasteiger partial charge in [0, 0.05) is 20.8 Å². The van der Waals surface area contributed by atoms with Gasteiger partial charge in [0.2, 0.25) is 0 Å². The maximum absolute atomic E-state index is 5.76. The average Bonchev–Trinajstić information content (AvgIpc) is 2.39. The predicted molar refractivity (Wildman–Crippen MR) is 85.8 cm³/mol. The molecule has 0 heterocycles. The van der Waals surface area contributed by atoms with Crippen molar-refractivity contribution in [1.82, 2.24) is 0 Å². The van der Waals surface area contributed by atoms with Gasteiger partial charge < -0.3 is 10.5 Å². The van der Waals surface area contributed by atoms with Crippen LogP contribution in [0.1, 0.15) is 11.1 Å². The Bertz CT molecular complexity index is 586. The molecule has 2 N–H and O–H groups in total. The molecule has 0 radical (unpaired) electrons. The number of halogens is 1. The molecule has 100 valence electrons. The average molecular weight is 338 g/mol. The normalized spacial score (nSPS) is 10.5. The Morgan fingerprint density at radius 2 is 2.00 bits per heavy atom. The van der Waals surface area contributed by atoms with Gasteiger partial charge in [0.25, 0.3) is 0 Å². The second-order valence-electron chi connectivity index (χ2n) is 4.27. The summed E-state index contributed by atoms with van der Waals surface area (Å²) in [5, 5.41) is 0. The van der Waals surface area contributed by atoms with Gasteiger partial charge in [-0.2, -0.15) is 0 Å². The number of hydrogen-bond donors (Lipinski definition) is 1. The minimum atomic E-state index is 0.810. The van der Waals surface area contributed by atoms with Crippen molar-refractivity contribution >= 4 is 33.4 Å². The molecule has 0 saturated heterocycles. The number of hydrogen-bond acceptors (Lipinski definition) is 3. The van der Waals surface area contributed by atoms with Crippen LogP contribution in [0.5, 0.6) is 5.75 Å². The molecule has 0 fully saturated rings. The van der Waals surface area contributed by atoms with Crippen LogP contribution in [0.2, 0.25) is 0 Å². The SMILES string of the molecule is COc1ccc(Br)c(CSc2ccc(N)cc2C)c1. The zero-order valence-corrected chi connectivity index (χ0v) is 13.3. The monoisotopic (exact) mass is 337 g/mol. The van der Waals surface area contributed by atoms with Crippen molar-refractivity contribution in [2.75, 3.05) is 12.8 Å². The minimum absolute atomic E-state index is 0.810. The number of nitrogens with two attached hydrogens (primary N) is 1. The Balaban J connectivity index is 2.14. The third kappa shape index (κ3) is 3.67. The quantitative estimate of drug-likeness (QED) is 0.651. The molecular formula is C15H16BrNOS. The van der Waals surface area contributed by atoms with E-state index in [9.17, 15) is 0 Å². The van der Waals surface area contributed by atoms with E-state index in [1.54, 1.807) is 18.9 Å². The van der Waals surface area contributed by atoms with E-state index < -0.39 is 0 Å². The van der Waals surface area contributed by atoms with Crippen LogP contribution in [0.4, 0.5) is 5.69 Å². The first-order valence-corrected chi connectivity index (χ1v) is 7.69. The maximum Gasteiger partial charge on any atom is 0.119 e. The highest BCUT2D eigenvalue weighted by Gasteiger charge is 2.05. The molecule has 0 aliphatic heterocycles. The standard InChI is InChI=1S/C15H16BrNOS/c1-10-7-12(17)3-6-15(10)19-9-11-8-13(18-2)4-5-14(11)16/h3-8H,9,17H2,1-2H3. The highest BCUT2D eigenvalue weighted by atomic mass is 79.9. The molecule has 2 rings (SSSR count). The summed E-state index contributed by atoms with van der Waals surface area (Å²) in [6, 6.07) is 12.0. The lowest BCUT2D eigenvalue weighted by molar-refractivity contribution is 0.414. The number of anilines is 1. The molecule has 2 nitrogen and oxygen atoms in total. The van der Waals surface area contributed by atoms with Gasteiger partial charge in [-0.1, -0.05) is 15.9 Å². The second kappa shape index (κ2) is 6.35. The van der Waals surface area contributed by atoms with Crippen LogP contribution >= 0.6 is 27.7 Å². The van der Waals surface area contributed by atoms with Crippen molar-refractivity contribution in [1.29, 1.82) is 0 Å². The van der Waals surface area contributed by atoms with Crippen LogP contribution in [-0.4, -0.2) is 7.11 Å². The molecule has 0 aliphatic rings. The van der Waals surface area contributed by atoms with Crippen molar-refractivity contribution in [2.24, 2.45) is 0 Å². The van der Waals surface area contributed by atoms with Crippen molar-refractivity contribution < 1.29 is 4.74 Å². The molecule has 0 aromatic heterocycles. The van der Waals surface area contributed by atoms with Gasteiger partial charge in [0.05, 0.1) is 7.11 Å². The van der Waals surface area contributed by atoms with E-state index in [1.165, 1.54) is 16.0 Å². The largest absolute Gasteiger partial charge is 0.497 e. The molecular weight excluding hydrogens is 322 g/mol. The zero-order valence-electron chi connectivity index (χ0n) is 10.9. The van der Waals surface area contributed by atoms with Gasteiger partial charge in [-0.15, -0.1) is 11.8 Å². The fourth-order valence-electron chi connectivity index (χ4n) is 1.78. The lowest BCUT2D eigenvalue weighted by Gasteiger charge is -2.09. The Morgan fingerprint density at radius 1 is 1.21 bits per heavy atom. The van der Waals surface area contributed by atoms with E-state index in [0.717, 1.165) is 21.7 Å². The third-order valence-corrected chi connectivity index (χ3v) is 4.83. The molecule has 0 bridgehead atoms. The lowest BCUT2D eigenvalue weighted by atomic mass is 10.2. The molecule has 19 heavy (non-hydrogen) atoms. The van der Waals surface area contributed by atoms with Crippen molar-refractivity contribution in [3.05, 3.63) is 52.0 Å². The first kappa shape index (κ1) is 14.3. The second-order valence-corrected chi connectivity index (χ2v) is 6.14. The molecule has 0 aliphatic carbocycles. The molecule has 2 aromatic carbocycles. The van der Waals surface area contributed by atoms with E-state index in [-0.39, 0.29) is 0 Å². The van der Waals surface area contributed by atoms with E-state index in [0.29, 0.717) is 0 Å². The Labute approximate surface area is 126 Å². The summed E-state index contributed by atoms with van der Waals surface area (Å²) in [7, 11) is 1.68. The van der Waals surface area contributed by atoms with E-state index in [1.807, 2.05) is 24.3 Å². The number of nitrogen functional groups attached to an aromatic ring is 1. The minimum Gasteiger partial charge on any atom is -0.497 e. The smallest absolute Gasteiger partial charge is 0.119 e. The summed E-state index contributed by atoms with van der Waals surface area (Å²) in [5.41, 5.74) is 9.01. The molecule has 4 heteroatoms. The van der Waals surface area contributed by atoms with Gasteiger partial charge in [-0.25, -0.2) is 0 Å².